The molecule has 4 atom stereocenters. The Morgan fingerprint density at radius 3 is 2.59 bits per heavy atom. The minimum absolute atomic E-state index is 0.0418. The van der Waals surface area contributed by atoms with Crippen LogP contribution in [0.4, 0.5) is 5.69 Å². The monoisotopic (exact) mass is 674 g/mol. The lowest BCUT2D eigenvalue weighted by Crippen LogP contribution is -2.50. The number of carbonyl (C=O) groups excluding carboxylic acids is 1. The Bertz CT molecular complexity index is 1660. The van der Waals surface area contributed by atoms with Gasteiger partial charge in [0.25, 0.3) is 5.91 Å². The summed E-state index contributed by atoms with van der Waals surface area (Å²) < 4.78 is 18.7. The highest BCUT2D eigenvalue weighted by Gasteiger charge is 2.37. The molecule has 0 aliphatic carbocycles. The van der Waals surface area contributed by atoms with E-state index in [-0.39, 0.29) is 18.5 Å². The molecule has 2 aliphatic heterocycles. The van der Waals surface area contributed by atoms with Crippen LogP contribution in [0.2, 0.25) is 0 Å². The smallest absolute Gasteiger partial charge is 0.262 e. The van der Waals surface area contributed by atoms with Crippen LogP contribution in [0.1, 0.15) is 71.1 Å². The first-order chi connectivity index (χ1) is 23.3. The third-order valence-corrected chi connectivity index (χ3v) is 9.28. The van der Waals surface area contributed by atoms with Crippen LogP contribution >= 0.6 is 0 Å². The van der Waals surface area contributed by atoms with Crippen molar-refractivity contribution < 1.29 is 29.2 Å². The Balaban J connectivity index is 1.11. The number of nitriles is 1. The molecule has 0 bridgehead atoms. The number of benzene rings is 2. The molecule has 2 saturated heterocycles. The molecule has 3 heterocycles. The number of carbonyl (C=O) groups is 1. The summed E-state index contributed by atoms with van der Waals surface area (Å²) in [5, 5.41) is 44.0. The average molecular weight is 675 g/mol. The average Bonchev–Trinajstić information content (AvgIpc) is 3.50. The zero-order valence-corrected chi connectivity index (χ0v) is 29.3. The highest BCUT2D eigenvalue weighted by atomic mass is 16.7. The third kappa shape index (κ3) is 9.86. The number of piperidine rings is 1. The van der Waals surface area contributed by atoms with E-state index in [9.17, 15) is 20.3 Å². The van der Waals surface area contributed by atoms with Crippen molar-refractivity contribution in [3.63, 3.8) is 0 Å². The molecular weight excluding hydrogens is 624 g/mol. The minimum atomic E-state index is -1.06. The second-order valence-corrected chi connectivity index (χ2v) is 14.4. The molecule has 2 aliphatic rings. The molecule has 12 nitrogen and oxygen atoms in total. The summed E-state index contributed by atoms with van der Waals surface area (Å²) in [7, 11) is 1.49. The Hall–Kier alpha value is -3.86. The topological polar surface area (TPSA) is 155 Å². The first-order valence-electron chi connectivity index (χ1n) is 17.2. The molecule has 1 aromatic heterocycles. The van der Waals surface area contributed by atoms with E-state index in [1.807, 2.05) is 45.9 Å². The van der Waals surface area contributed by atoms with E-state index in [0.717, 1.165) is 29.4 Å². The molecule has 5 rings (SSSR count). The Morgan fingerprint density at radius 1 is 1.12 bits per heavy atom. The Kier molecular flexibility index (Phi) is 11.7. The van der Waals surface area contributed by atoms with Gasteiger partial charge in [0.05, 0.1) is 23.9 Å². The highest BCUT2D eigenvalue weighted by Crippen LogP contribution is 2.27. The van der Waals surface area contributed by atoms with Crippen LogP contribution in [-0.4, -0.2) is 93.7 Å². The Morgan fingerprint density at radius 2 is 1.86 bits per heavy atom. The van der Waals surface area contributed by atoms with Crippen molar-refractivity contribution in [2.24, 2.45) is 0 Å². The van der Waals surface area contributed by atoms with Gasteiger partial charge in [0.1, 0.15) is 23.9 Å². The van der Waals surface area contributed by atoms with Crippen molar-refractivity contribution >= 4 is 28.4 Å². The van der Waals surface area contributed by atoms with E-state index in [1.165, 1.54) is 32.1 Å². The maximum Gasteiger partial charge on any atom is 0.262 e. The third-order valence-electron chi connectivity index (χ3n) is 9.28. The summed E-state index contributed by atoms with van der Waals surface area (Å²) in [6.07, 6.45) is 5.05. The quantitative estimate of drug-likeness (QED) is 0.178. The summed E-state index contributed by atoms with van der Waals surface area (Å²) in [4.78, 5) is 15.6. The zero-order valence-electron chi connectivity index (χ0n) is 29.3. The molecule has 2 fully saturated rings. The van der Waals surface area contributed by atoms with E-state index in [0.29, 0.717) is 25.1 Å². The molecule has 3 aromatic rings. The maximum absolute atomic E-state index is 13.2. The van der Waals surface area contributed by atoms with Gasteiger partial charge >= 0.3 is 0 Å². The summed E-state index contributed by atoms with van der Waals surface area (Å²) >= 11 is 0. The predicted molar refractivity (Wildman–Crippen MR) is 186 cm³/mol. The van der Waals surface area contributed by atoms with E-state index in [1.54, 1.807) is 17.0 Å². The van der Waals surface area contributed by atoms with Crippen molar-refractivity contribution in [1.82, 2.24) is 20.3 Å². The summed E-state index contributed by atoms with van der Waals surface area (Å²) in [5.41, 5.74) is 1.56. The number of amides is 1. The van der Waals surface area contributed by atoms with Crippen LogP contribution in [0.25, 0.3) is 16.8 Å². The number of methoxy groups -OCH3 is 1. The zero-order chi connectivity index (χ0) is 35.2. The lowest BCUT2D eigenvalue weighted by molar-refractivity contribution is -0.245. The normalized spacial score (nSPS) is 22.2. The highest BCUT2D eigenvalue weighted by molar-refractivity contribution is 6.02. The summed E-state index contributed by atoms with van der Waals surface area (Å²) in [5.74, 6) is -0.430. The predicted octanol–water partition coefficient (Wildman–Crippen LogP) is 4.13. The molecule has 49 heavy (non-hydrogen) atoms. The van der Waals surface area contributed by atoms with Gasteiger partial charge in [0, 0.05) is 57.1 Å². The first-order valence-corrected chi connectivity index (χ1v) is 17.2. The largest absolute Gasteiger partial charge is 0.390 e. The molecule has 12 heteroatoms. The lowest BCUT2D eigenvalue weighted by Gasteiger charge is -2.36. The van der Waals surface area contributed by atoms with Gasteiger partial charge in [-0.05, 0) is 94.0 Å². The molecule has 0 spiro atoms. The van der Waals surface area contributed by atoms with E-state index >= 15 is 0 Å². The molecule has 0 saturated carbocycles. The van der Waals surface area contributed by atoms with Crippen molar-refractivity contribution in [2.45, 2.75) is 109 Å². The van der Waals surface area contributed by atoms with Crippen LogP contribution in [0.15, 0.2) is 48.2 Å². The number of ether oxygens (including phenoxy) is 3. The number of aliphatic hydroxyl groups excluding tert-OH is 2. The van der Waals surface area contributed by atoms with Crippen molar-refractivity contribution in [3.8, 4) is 6.07 Å². The van der Waals surface area contributed by atoms with Crippen LogP contribution < -0.4 is 10.2 Å². The molecule has 0 radical (unpaired) electrons. The molecule has 264 valence electrons. The number of nitrogens with one attached hydrogen (secondary N) is 1. The standard InChI is InChI=1S/C37H50N6O6/c1-36(2,13-16-48-37(3,4)21-29-23-43(41-40-29)24-32-34(45)31(44)20-33(47-5)49-32)39-35(46)28(22-38)18-25-9-10-27-19-30(12-11-26(27)17-25)42-14-7-6-8-15-42/h9-12,17-19,23,31-34,44-45H,6-8,13-16,20-21,24H2,1-5H3,(H,39,46)/b28-18+/t31?,32?,33-,34-/m0/s1. The first kappa shape index (κ1) is 36.4. The van der Waals surface area contributed by atoms with Crippen molar-refractivity contribution in [3.05, 3.63) is 59.4 Å². The molecule has 1 amide bonds. The van der Waals surface area contributed by atoms with Gasteiger partial charge < -0.3 is 34.6 Å². The lowest BCUT2D eigenvalue weighted by atomic mass is 9.99. The van der Waals surface area contributed by atoms with Crippen LogP contribution in [0.5, 0.6) is 0 Å². The van der Waals surface area contributed by atoms with Gasteiger partial charge in [-0.1, -0.05) is 23.4 Å². The molecular formula is C37H50N6O6. The fraction of sp³-hybridized carbons (Fsp3) is 0.568. The number of fused-ring (bicyclic) bond motifs is 1. The summed E-state index contributed by atoms with van der Waals surface area (Å²) in [6.45, 7) is 10.5. The fourth-order valence-electron chi connectivity index (χ4n) is 6.42. The number of rotatable bonds is 13. The number of hydrogen-bond acceptors (Lipinski definition) is 10. The van der Waals surface area contributed by atoms with Crippen molar-refractivity contribution in [1.29, 1.82) is 5.26 Å². The van der Waals surface area contributed by atoms with Crippen LogP contribution in [0, 0.1) is 11.3 Å². The fourth-order valence-corrected chi connectivity index (χ4v) is 6.42. The van der Waals surface area contributed by atoms with Gasteiger partial charge in [-0.15, -0.1) is 5.10 Å². The molecule has 3 N–H and O–H groups in total. The summed E-state index contributed by atoms with van der Waals surface area (Å²) in [6, 6.07) is 14.5. The van der Waals surface area contributed by atoms with Gasteiger partial charge in [0.2, 0.25) is 0 Å². The number of nitrogens with zero attached hydrogens (tertiary/aromatic N) is 5. The number of hydrogen-bond donors (Lipinski definition) is 3. The second-order valence-electron chi connectivity index (χ2n) is 14.4. The van der Waals surface area contributed by atoms with Crippen LogP contribution in [-0.2, 0) is 32.0 Å². The van der Waals surface area contributed by atoms with E-state index < -0.39 is 41.6 Å². The van der Waals surface area contributed by atoms with Gasteiger partial charge in [-0.2, -0.15) is 5.26 Å². The van der Waals surface area contributed by atoms with Gasteiger partial charge in [-0.3, -0.25) is 4.79 Å². The minimum Gasteiger partial charge on any atom is -0.390 e. The van der Waals surface area contributed by atoms with Crippen molar-refractivity contribution in [2.75, 3.05) is 31.7 Å². The Labute approximate surface area is 288 Å². The molecule has 2 aromatic carbocycles. The van der Waals surface area contributed by atoms with Gasteiger partial charge in [0.15, 0.2) is 6.29 Å². The maximum atomic E-state index is 13.2. The SMILES string of the molecule is CO[C@@H]1CC(O)[C@H](O)C(Cn2cc(CC(C)(C)OCCC(C)(C)NC(=O)/C(C#N)=C/c3ccc4cc(N5CCCCC5)ccc4c3)nn2)O1. The van der Waals surface area contributed by atoms with Gasteiger partial charge in [-0.25, -0.2) is 4.68 Å². The number of anilines is 1. The van der Waals surface area contributed by atoms with E-state index in [4.69, 9.17) is 14.2 Å². The number of aromatic nitrogens is 3. The molecule has 2 unspecified atom stereocenters. The van der Waals surface area contributed by atoms with Crippen LogP contribution in [0.3, 0.4) is 0 Å². The number of aliphatic hydroxyl groups is 2. The second kappa shape index (κ2) is 15.8. The van der Waals surface area contributed by atoms with E-state index in [2.05, 4.69) is 44.8 Å².